The molecule has 0 radical (unpaired) electrons. The Balaban J connectivity index is 1.92. The quantitative estimate of drug-likeness (QED) is 0.687. The zero-order valence-corrected chi connectivity index (χ0v) is 11.0. The van der Waals surface area contributed by atoms with Crippen molar-refractivity contribution in [3.05, 3.63) is 78.2 Å². The maximum Gasteiger partial charge on any atom is 0.0954 e. The molecule has 0 N–H and O–H groups in total. The third kappa shape index (κ3) is 2.58. The van der Waals surface area contributed by atoms with Gasteiger partial charge in [-0.3, -0.25) is 0 Å². The molecule has 1 heterocycles. The molecule has 2 aromatic carbocycles. The van der Waals surface area contributed by atoms with Gasteiger partial charge in [0, 0.05) is 6.54 Å². The summed E-state index contributed by atoms with van der Waals surface area (Å²) in [7, 11) is 0. The van der Waals surface area contributed by atoms with E-state index in [0.717, 1.165) is 12.2 Å². The minimum Gasteiger partial charge on any atom is -0.326 e. The average Bonchev–Trinajstić information content (AvgIpc) is 2.89. The summed E-state index contributed by atoms with van der Waals surface area (Å²) in [5.41, 5.74) is 4.93. The van der Waals surface area contributed by atoms with Gasteiger partial charge in [0.25, 0.3) is 0 Å². The van der Waals surface area contributed by atoms with Crippen molar-refractivity contribution in [2.24, 2.45) is 0 Å². The summed E-state index contributed by atoms with van der Waals surface area (Å²) in [5, 5.41) is 0. The molecule has 0 aliphatic carbocycles. The SMILES string of the molecule is Cc1ccc(-c2cncn2Cc2ccccc2)cc1. The van der Waals surface area contributed by atoms with E-state index in [0.29, 0.717) is 0 Å². The highest BCUT2D eigenvalue weighted by molar-refractivity contribution is 5.59. The lowest BCUT2D eigenvalue weighted by atomic mass is 10.1. The predicted octanol–water partition coefficient (Wildman–Crippen LogP) is 3.91. The van der Waals surface area contributed by atoms with Crippen LogP contribution in [0.3, 0.4) is 0 Å². The molecule has 3 rings (SSSR count). The number of rotatable bonds is 3. The van der Waals surface area contributed by atoms with Gasteiger partial charge in [-0.2, -0.15) is 0 Å². The molecular weight excluding hydrogens is 232 g/mol. The number of benzene rings is 2. The van der Waals surface area contributed by atoms with E-state index >= 15 is 0 Å². The second-order valence-corrected chi connectivity index (χ2v) is 4.76. The second kappa shape index (κ2) is 5.11. The van der Waals surface area contributed by atoms with Crippen LogP contribution < -0.4 is 0 Å². The second-order valence-electron chi connectivity index (χ2n) is 4.76. The highest BCUT2D eigenvalue weighted by Gasteiger charge is 2.05. The van der Waals surface area contributed by atoms with Gasteiger partial charge in [0.1, 0.15) is 0 Å². The molecule has 19 heavy (non-hydrogen) atoms. The lowest BCUT2D eigenvalue weighted by Gasteiger charge is -2.08. The smallest absolute Gasteiger partial charge is 0.0954 e. The van der Waals surface area contributed by atoms with E-state index in [1.54, 1.807) is 0 Å². The topological polar surface area (TPSA) is 17.8 Å². The summed E-state index contributed by atoms with van der Waals surface area (Å²) in [6.45, 7) is 2.95. The Morgan fingerprint density at radius 2 is 1.68 bits per heavy atom. The summed E-state index contributed by atoms with van der Waals surface area (Å²) in [5.74, 6) is 0. The fourth-order valence-corrected chi connectivity index (χ4v) is 2.19. The number of imidazole rings is 1. The Hall–Kier alpha value is -2.35. The van der Waals surface area contributed by atoms with Gasteiger partial charge >= 0.3 is 0 Å². The van der Waals surface area contributed by atoms with Gasteiger partial charge < -0.3 is 4.57 Å². The average molecular weight is 248 g/mol. The maximum atomic E-state index is 4.28. The largest absolute Gasteiger partial charge is 0.326 e. The molecule has 0 spiro atoms. The fraction of sp³-hybridized carbons (Fsp3) is 0.118. The van der Waals surface area contributed by atoms with Crippen molar-refractivity contribution >= 4 is 0 Å². The Labute approximate surface area is 113 Å². The van der Waals surface area contributed by atoms with Crippen molar-refractivity contribution in [1.82, 2.24) is 9.55 Å². The van der Waals surface area contributed by atoms with Gasteiger partial charge in [-0.15, -0.1) is 0 Å². The van der Waals surface area contributed by atoms with Gasteiger partial charge in [0.2, 0.25) is 0 Å². The summed E-state index contributed by atoms with van der Waals surface area (Å²) in [6, 6.07) is 19.0. The minimum atomic E-state index is 0.851. The van der Waals surface area contributed by atoms with Crippen LogP contribution in [0.1, 0.15) is 11.1 Å². The molecule has 0 fully saturated rings. The molecule has 0 saturated carbocycles. The van der Waals surface area contributed by atoms with E-state index in [1.165, 1.54) is 16.7 Å². The number of aromatic nitrogens is 2. The van der Waals surface area contributed by atoms with E-state index in [2.05, 4.69) is 65.0 Å². The number of hydrogen-bond donors (Lipinski definition) is 0. The van der Waals surface area contributed by atoms with E-state index < -0.39 is 0 Å². The predicted molar refractivity (Wildman–Crippen MR) is 77.9 cm³/mol. The molecular formula is C17H16N2. The van der Waals surface area contributed by atoms with Crippen molar-refractivity contribution in [2.45, 2.75) is 13.5 Å². The normalized spacial score (nSPS) is 10.6. The number of hydrogen-bond acceptors (Lipinski definition) is 1. The van der Waals surface area contributed by atoms with Crippen molar-refractivity contribution < 1.29 is 0 Å². The number of nitrogens with zero attached hydrogens (tertiary/aromatic N) is 2. The van der Waals surface area contributed by atoms with E-state index in [1.807, 2.05) is 18.6 Å². The first-order valence-electron chi connectivity index (χ1n) is 6.44. The monoisotopic (exact) mass is 248 g/mol. The lowest BCUT2D eigenvalue weighted by Crippen LogP contribution is -2.00. The Kier molecular flexibility index (Phi) is 3.15. The van der Waals surface area contributed by atoms with Crippen LogP contribution in [0.4, 0.5) is 0 Å². The van der Waals surface area contributed by atoms with Gasteiger partial charge in [0.15, 0.2) is 0 Å². The first-order chi connectivity index (χ1) is 9.33. The maximum absolute atomic E-state index is 4.28. The summed E-state index contributed by atoms with van der Waals surface area (Å²) in [6.07, 6.45) is 3.82. The van der Waals surface area contributed by atoms with Crippen LogP contribution in [-0.4, -0.2) is 9.55 Å². The van der Waals surface area contributed by atoms with Crippen molar-refractivity contribution in [3.8, 4) is 11.3 Å². The molecule has 0 saturated heterocycles. The molecule has 0 bridgehead atoms. The van der Waals surface area contributed by atoms with Crippen LogP contribution in [0.5, 0.6) is 0 Å². The van der Waals surface area contributed by atoms with Crippen molar-refractivity contribution in [3.63, 3.8) is 0 Å². The van der Waals surface area contributed by atoms with Gasteiger partial charge in [-0.25, -0.2) is 4.98 Å². The zero-order chi connectivity index (χ0) is 13.1. The fourth-order valence-electron chi connectivity index (χ4n) is 2.19. The van der Waals surface area contributed by atoms with Crippen LogP contribution in [0, 0.1) is 6.92 Å². The van der Waals surface area contributed by atoms with Crippen LogP contribution in [-0.2, 0) is 6.54 Å². The van der Waals surface area contributed by atoms with Crippen LogP contribution >= 0.6 is 0 Å². The Bertz CT molecular complexity index is 651. The molecule has 3 aromatic rings. The van der Waals surface area contributed by atoms with E-state index in [4.69, 9.17) is 0 Å². The summed E-state index contributed by atoms with van der Waals surface area (Å²) < 4.78 is 2.18. The molecule has 94 valence electrons. The third-order valence-corrected chi connectivity index (χ3v) is 3.26. The van der Waals surface area contributed by atoms with Crippen LogP contribution in [0.15, 0.2) is 67.1 Å². The molecule has 0 aliphatic heterocycles. The molecule has 1 aromatic heterocycles. The molecule has 0 unspecified atom stereocenters. The van der Waals surface area contributed by atoms with Gasteiger partial charge in [-0.1, -0.05) is 60.2 Å². The van der Waals surface area contributed by atoms with Crippen molar-refractivity contribution in [2.75, 3.05) is 0 Å². The zero-order valence-electron chi connectivity index (χ0n) is 11.0. The minimum absolute atomic E-state index is 0.851. The first-order valence-corrected chi connectivity index (χ1v) is 6.44. The van der Waals surface area contributed by atoms with E-state index in [-0.39, 0.29) is 0 Å². The van der Waals surface area contributed by atoms with Crippen LogP contribution in [0.2, 0.25) is 0 Å². The highest BCUT2D eigenvalue weighted by Crippen LogP contribution is 2.20. The van der Waals surface area contributed by atoms with E-state index in [9.17, 15) is 0 Å². The first kappa shape index (κ1) is 11.7. The summed E-state index contributed by atoms with van der Waals surface area (Å²) in [4.78, 5) is 4.28. The standard InChI is InChI=1S/C17H16N2/c1-14-7-9-16(10-8-14)17-11-18-13-19(17)12-15-5-3-2-4-6-15/h2-11,13H,12H2,1H3. The number of aryl methyl sites for hydroxylation is 1. The lowest BCUT2D eigenvalue weighted by molar-refractivity contribution is 0.805. The Morgan fingerprint density at radius 1 is 0.947 bits per heavy atom. The molecule has 0 aliphatic rings. The molecule has 2 nitrogen and oxygen atoms in total. The third-order valence-electron chi connectivity index (χ3n) is 3.26. The van der Waals surface area contributed by atoms with Gasteiger partial charge in [-0.05, 0) is 18.1 Å². The molecule has 2 heteroatoms. The molecule has 0 amide bonds. The Morgan fingerprint density at radius 3 is 2.42 bits per heavy atom. The highest BCUT2D eigenvalue weighted by atomic mass is 15.0. The van der Waals surface area contributed by atoms with Gasteiger partial charge in [0.05, 0.1) is 18.2 Å². The summed E-state index contributed by atoms with van der Waals surface area (Å²) >= 11 is 0. The van der Waals surface area contributed by atoms with Crippen LogP contribution in [0.25, 0.3) is 11.3 Å². The molecule has 0 atom stereocenters. The van der Waals surface area contributed by atoms with Crippen molar-refractivity contribution in [1.29, 1.82) is 0 Å².